The number of benzene rings is 1. The van der Waals surface area contributed by atoms with E-state index in [0.29, 0.717) is 5.56 Å². The molecule has 7 nitrogen and oxygen atoms in total. The predicted octanol–water partition coefficient (Wildman–Crippen LogP) is -0.187. The Balaban J connectivity index is 2.62. The highest BCUT2D eigenvalue weighted by atomic mass is 32.2. The van der Waals surface area contributed by atoms with Crippen LogP contribution in [0.25, 0.3) is 0 Å². The van der Waals surface area contributed by atoms with Crippen molar-refractivity contribution in [2.24, 2.45) is 0 Å². The van der Waals surface area contributed by atoms with Crippen LogP contribution in [0.15, 0.2) is 24.3 Å². The van der Waals surface area contributed by atoms with E-state index in [2.05, 4.69) is 4.72 Å². The van der Waals surface area contributed by atoms with Crippen molar-refractivity contribution < 1.29 is 23.4 Å². The molecular formula is C12H14N2O5S. The SMILES string of the molecule is N#Cc1ccccc1CS(=O)(=O)NCC[C@H](O)C(=O)O. The molecular weight excluding hydrogens is 284 g/mol. The minimum atomic E-state index is -3.69. The van der Waals surface area contributed by atoms with Gasteiger partial charge in [0.25, 0.3) is 0 Å². The average Bonchev–Trinajstić information content (AvgIpc) is 2.38. The number of aliphatic carboxylic acids is 1. The average molecular weight is 298 g/mol. The van der Waals surface area contributed by atoms with Crippen LogP contribution in [0.3, 0.4) is 0 Å². The fraction of sp³-hybridized carbons (Fsp3) is 0.333. The molecule has 0 heterocycles. The van der Waals surface area contributed by atoms with E-state index in [0.717, 1.165) is 0 Å². The number of nitriles is 1. The van der Waals surface area contributed by atoms with E-state index in [9.17, 15) is 13.2 Å². The molecule has 0 fully saturated rings. The minimum absolute atomic E-state index is 0.190. The maximum Gasteiger partial charge on any atom is 0.332 e. The van der Waals surface area contributed by atoms with Crippen LogP contribution in [-0.4, -0.2) is 37.2 Å². The number of carboxylic acid groups (broad SMARTS) is 1. The number of nitrogens with zero attached hydrogens (tertiary/aromatic N) is 1. The Morgan fingerprint density at radius 3 is 2.65 bits per heavy atom. The number of aliphatic hydroxyl groups is 1. The summed E-state index contributed by atoms with van der Waals surface area (Å²) in [6, 6.07) is 8.20. The van der Waals surface area contributed by atoms with Crippen LogP contribution in [-0.2, 0) is 20.6 Å². The van der Waals surface area contributed by atoms with Gasteiger partial charge < -0.3 is 10.2 Å². The smallest absolute Gasteiger partial charge is 0.332 e. The van der Waals surface area contributed by atoms with Gasteiger partial charge in [-0.25, -0.2) is 17.9 Å². The molecule has 108 valence electrons. The highest BCUT2D eigenvalue weighted by Crippen LogP contribution is 2.10. The standard InChI is InChI=1S/C12H14N2O5S/c13-7-9-3-1-2-4-10(9)8-20(18,19)14-6-5-11(15)12(16)17/h1-4,11,14-15H,5-6,8H2,(H,16,17)/t11-/m0/s1. The summed E-state index contributed by atoms with van der Waals surface area (Å²) in [6.45, 7) is -0.190. The molecule has 1 aromatic carbocycles. The molecule has 1 aromatic rings. The first-order valence-corrected chi connectivity index (χ1v) is 7.37. The highest BCUT2D eigenvalue weighted by Gasteiger charge is 2.17. The first-order valence-electron chi connectivity index (χ1n) is 5.72. The molecule has 0 aliphatic rings. The summed E-state index contributed by atoms with van der Waals surface area (Å²) in [6.07, 6.45) is -1.84. The fourth-order valence-electron chi connectivity index (χ4n) is 1.49. The zero-order chi connectivity index (χ0) is 15.2. The normalized spacial score (nSPS) is 12.6. The van der Waals surface area contributed by atoms with Crippen molar-refractivity contribution in [1.29, 1.82) is 5.26 Å². The van der Waals surface area contributed by atoms with Crippen molar-refractivity contribution in [2.75, 3.05) is 6.54 Å². The zero-order valence-corrected chi connectivity index (χ0v) is 11.3. The molecule has 0 unspecified atom stereocenters. The number of carboxylic acids is 1. The summed E-state index contributed by atoms with van der Waals surface area (Å²) >= 11 is 0. The van der Waals surface area contributed by atoms with Crippen molar-refractivity contribution >= 4 is 16.0 Å². The Bertz CT molecular complexity index is 621. The summed E-state index contributed by atoms with van der Waals surface area (Å²) in [7, 11) is -3.69. The zero-order valence-electron chi connectivity index (χ0n) is 10.5. The Hall–Kier alpha value is -1.95. The quantitative estimate of drug-likeness (QED) is 0.640. The van der Waals surface area contributed by atoms with Gasteiger partial charge in [-0.15, -0.1) is 0 Å². The van der Waals surface area contributed by atoms with Gasteiger partial charge in [-0.3, -0.25) is 0 Å². The third kappa shape index (κ3) is 4.97. The summed E-state index contributed by atoms with van der Waals surface area (Å²) in [5.74, 6) is -1.78. The first-order chi connectivity index (χ1) is 9.35. The molecule has 0 aliphatic carbocycles. The second-order valence-corrected chi connectivity index (χ2v) is 5.87. The van der Waals surface area contributed by atoms with Gasteiger partial charge in [0.15, 0.2) is 6.10 Å². The van der Waals surface area contributed by atoms with E-state index in [1.54, 1.807) is 12.1 Å². The van der Waals surface area contributed by atoms with Crippen LogP contribution in [0.2, 0.25) is 0 Å². The Kier molecular flexibility index (Phi) is 5.64. The maximum absolute atomic E-state index is 11.8. The molecule has 0 amide bonds. The largest absolute Gasteiger partial charge is 0.479 e. The van der Waals surface area contributed by atoms with E-state index in [-0.39, 0.29) is 24.3 Å². The van der Waals surface area contributed by atoms with Crippen LogP contribution < -0.4 is 4.72 Å². The molecule has 0 saturated carbocycles. The Morgan fingerprint density at radius 2 is 2.05 bits per heavy atom. The Labute approximate surface area is 116 Å². The highest BCUT2D eigenvalue weighted by molar-refractivity contribution is 7.88. The lowest BCUT2D eigenvalue weighted by molar-refractivity contribution is -0.146. The van der Waals surface area contributed by atoms with Crippen LogP contribution in [0.5, 0.6) is 0 Å². The van der Waals surface area contributed by atoms with Gasteiger partial charge in [-0.2, -0.15) is 5.26 Å². The molecule has 1 atom stereocenters. The second kappa shape index (κ2) is 7.00. The van der Waals surface area contributed by atoms with Crippen LogP contribution >= 0.6 is 0 Å². The van der Waals surface area contributed by atoms with Crippen molar-refractivity contribution in [3.05, 3.63) is 35.4 Å². The molecule has 20 heavy (non-hydrogen) atoms. The van der Waals surface area contributed by atoms with Gasteiger partial charge in [0.1, 0.15) is 0 Å². The van der Waals surface area contributed by atoms with E-state index in [4.69, 9.17) is 15.5 Å². The molecule has 0 aliphatic heterocycles. The van der Waals surface area contributed by atoms with Gasteiger partial charge in [0.05, 0.1) is 17.4 Å². The lowest BCUT2D eigenvalue weighted by Crippen LogP contribution is -2.31. The van der Waals surface area contributed by atoms with Crippen LogP contribution in [0, 0.1) is 11.3 Å². The number of aliphatic hydroxyl groups excluding tert-OH is 1. The number of hydrogen-bond acceptors (Lipinski definition) is 5. The summed E-state index contributed by atoms with van der Waals surface area (Å²) < 4.78 is 25.7. The van der Waals surface area contributed by atoms with Crippen molar-refractivity contribution in [1.82, 2.24) is 4.72 Å². The maximum atomic E-state index is 11.8. The van der Waals surface area contributed by atoms with E-state index in [1.165, 1.54) is 12.1 Å². The van der Waals surface area contributed by atoms with Gasteiger partial charge in [0, 0.05) is 6.54 Å². The number of rotatable bonds is 7. The number of sulfonamides is 1. The lowest BCUT2D eigenvalue weighted by Gasteiger charge is -2.09. The lowest BCUT2D eigenvalue weighted by atomic mass is 10.1. The van der Waals surface area contributed by atoms with E-state index in [1.807, 2.05) is 6.07 Å². The van der Waals surface area contributed by atoms with Gasteiger partial charge >= 0.3 is 5.97 Å². The number of carbonyl (C=O) groups is 1. The number of hydrogen-bond donors (Lipinski definition) is 3. The predicted molar refractivity (Wildman–Crippen MR) is 70.0 cm³/mol. The van der Waals surface area contributed by atoms with Gasteiger partial charge in [-0.1, -0.05) is 18.2 Å². The molecule has 0 radical (unpaired) electrons. The third-order valence-corrected chi connectivity index (χ3v) is 3.84. The first kappa shape index (κ1) is 16.1. The Morgan fingerprint density at radius 1 is 1.40 bits per heavy atom. The van der Waals surface area contributed by atoms with Gasteiger partial charge in [-0.05, 0) is 18.1 Å². The number of nitrogens with one attached hydrogen (secondary N) is 1. The molecule has 1 rings (SSSR count). The third-order valence-electron chi connectivity index (χ3n) is 2.51. The van der Waals surface area contributed by atoms with Gasteiger partial charge in [0.2, 0.25) is 10.0 Å². The van der Waals surface area contributed by atoms with E-state index >= 15 is 0 Å². The second-order valence-electron chi connectivity index (χ2n) is 4.07. The molecule has 0 spiro atoms. The summed E-state index contributed by atoms with van der Waals surface area (Å²) in [5, 5.41) is 26.3. The summed E-state index contributed by atoms with van der Waals surface area (Å²) in [5.41, 5.74) is 0.629. The van der Waals surface area contributed by atoms with Crippen LogP contribution in [0.1, 0.15) is 17.5 Å². The monoisotopic (exact) mass is 298 g/mol. The fourth-order valence-corrected chi connectivity index (χ4v) is 2.68. The molecule has 3 N–H and O–H groups in total. The van der Waals surface area contributed by atoms with Crippen molar-refractivity contribution in [2.45, 2.75) is 18.3 Å². The molecule has 8 heteroatoms. The van der Waals surface area contributed by atoms with Crippen molar-refractivity contribution in [3.8, 4) is 6.07 Å². The topological polar surface area (TPSA) is 127 Å². The minimum Gasteiger partial charge on any atom is -0.479 e. The molecule has 0 bridgehead atoms. The van der Waals surface area contributed by atoms with Crippen LogP contribution in [0.4, 0.5) is 0 Å². The summed E-state index contributed by atoms with van der Waals surface area (Å²) in [4.78, 5) is 10.4. The van der Waals surface area contributed by atoms with E-state index < -0.39 is 22.1 Å². The van der Waals surface area contributed by atoms with Crippen molar-refractivity contribution in [3.63, 3.8) is 0 Å². The molecule has 0 aromatic heterocycles. The molecule has 0 saturated heterocycles.